The van der Waals surface area contributed by atoms with Crippen LogP contribution in [0.2, 0.25) is 0 Å². The lowest BCUT2D eigenvalue weighted by molar-refractivity contribution is 1.18. The summed E-state index contributed by atoms with van der Waals surface area (Å²) < 4.78 is 7.29. The molecule has 0 aliphatic rings. The Hall–Kier alpha value is -7.08. The van der Waals surface area contributed by atoms with Gasteiger partial charge in [0.15, 0.2) is 5.82 Å². The van der Waals surface area contributed by atoms with Crippen molar-refractivity contribution in [1.82, 2.24) is 18.9 Å². The summed E-state index contributed by atoms with van der Waals surface area (Å²) >= 11 is 1.76. The highest BCUT2D eigenvalue weighted by Gasteiger charge is 2.24. The molecule has 8 aromatic carbocycles. The monoisotopic (exact) mass is 716 g/mol. The molecule has 254 valence electrons. The molecule has 0 N–H and O–H groups in total. The molecule has 0 unspecified atom stereocenters. The van der Waals surface area contributed by atoms with Crippen LogP contribution in [0.5, 0.6) is 0 Å². The van der Waals surface area contributed by atoms with E-state index < -0.39 is 0 Å². The summed E-state index contributed by atoms with van der Waals surface area (Å²) in [6.07, 6.45) is 0. The van der Waals surface area contributed by atoms with Gasteiger partial charge in [-0.25, -0.2) is 9.97 Å². The van der Waals surface area contributed by atoms with E-state index in [4.69, 9.17) is 9.97 Å². The number of thiophene rings is 1. The van der Waals surface area contributed by atoms with Crippen LogP contribution in [0.4, 0.5) is 0 Å². The summed E-state index contributed by atoms with van der Waals surface area (Å²) in [6.45, 7) is 0. The number of para-hydroxylation sites is 2. The first-order chi connectivity index (χ1) is 27.3. The predicted octanol–water partition coefficient (Wildman–Crippen LogP) is 13.6. The summed E-state index contributed by atoms with van der Waals surface area (Å²) in [6, 6.07) is 61.5. The maximum Gasteiger partial charge on any atom is 0.160 e. The van der Waals surface area contributed by atoms with Crippen LogP contribution in [-0.2, 0) is 0 Å². The van der Waals surface area contributed by atoms with E-state index in [-0.39, 0.29) is 0 Å². The number of aromatic nitrogens is 4. The Morgan fingerprint density at radius 1 is 0.436 bits per heavy atom. The van der Waals surface area contributed by atoms with E-state index in [2.05, 4.69) is 179 Å². The number of fused-ring (bicyclic) bond motifs is 14. The fourth-order valence-corrected chi connectivity index (χ4v) is 10.4. The van der Waals surface area contributed by atoms with Gasteiger partial charge in [0.25, 0.3) is 0 Å². The van der Waals surface area contributed by atoms with Crippen molar-refractivity contribution < 1.29 is 0 Å². The average Bonchev–Trinajstić information content (AvgIpc) is 3.98. The molecule has 0 saturated heterocycles. The number of hydrogen-bond donors (Lipinski definition) is 0. The molecule has 0 bridgehead atoms. The van der Waals surface area contributed by atoms with Gasteiger partial charge >= 0.3 is 0 Å². The van der Waals surface area contributed by atoms with E-state index in [9.17, 15) is 0 Å². The molecule has 0 aliphatic heterocycles. The molecule has 0 saturated carbocycles. The van der Waals surface area contributed by atoms with Crippen molar-refractivity contribution in [3.05, 3.63) is 170 Å². The van der Waals surface area contributed by atoms with Crippen LogP contribution in [0.1, 0.15) is 0 Å². The van der Waals surface area contributed by atoms with Gasteiger partial charge in [0.1, 0.15) is 0 Å². The van der Waals surface area contributed by atoms with Crippen LogP contribution < -0.4 is 0 Å². The summed E-state index contributed by atoms with van der Waals surface area (Å²) in [5.74, 6) is 0.732. The molecular weight excluding hydrogens is 689 g/mol. The highest BCUT2D eigenvalue weighted by atomic mass is 32.1. The van der Waals surface area contributed by atoms with Crippen LogP contribution in [0.15, 0.2) is 170 Å². The molecule has 0 aliphatic carbocycles. The van der Waals surface area contributed by atoms with Gasteiger partial charge < -0.3 is 8.97 Å². The standard InChI is InChI=1S/C50H28N4S/c1-2-12-29(13-3-1)46-49-47(36-18-8-11-21-43(36)55-49)52-50(51-46)30-22-24-33(25-23-30)53-39-19-9-6-16-34(39)44-42(53)28-38-37-26-31-14-4-5-15-32(31)27-41(37)54-40-20-10-7-17-35(40)45(44)48(38)54/h1-28H. The Labute approximate surface area is 318 Å². The summed E-state index contributed by atoms with van der Waals surface area (Å²) in [5.41, 5.74) is 11.3. The van der Waals surface area contributed by atoms with Crippen molar-refractivity contribution in [2.75, 3.05) is 0 Å². The molecule has 13 aromatic rings. The van der Waals surface area contributed by atoms with Crippen LogP contribution >= 0.6 is 11.3 Å². The number of rotatable bonds is 3. The Bertz CT molecular complexity index is 3700. The second-order valence-corrected chi connectivity index (χ2v) is 15.6. The van der Waals surface area contributed by atoms with Gasteiger partial charge in [0.2, 0.25) is 0 Å². The van der Waals surface area contributed by atoms with Crippen LogP contribution in [-0.4, -0.2) is 18.9 Å². The minimum atomic E-state index is 0.732. The summed E-state index contributed by atoms with van der Waals surface area (Å²) in [4.78, 5) is 10.5. The Morgan fingerprint density at radius 3 is 1.93 bits per heavy atom. The number of hydrogen-bond acceptors (Lipinski definition) is 3. The van der Waals surface area contributed by atoms with Gasteiger partial charge in [-0.1, -0.05) is 109 Å². The fourth-order valence-electron chi connectivity index (χ4n) is 9.25. The third kappa shape index (κ3) is 3.94. The van der Waals surface area contributed by atoms with Gasteiger partial charge in [0.05, 0.1) is 43.5 Å². The topological polar surface area (TPSA) is 35.1 Å². The minimum absolute atomic E-state index is 0.732. The minimum Gasteiger partial charge on any atom is -0.309 e. The molecule has 5 heteroatoms. The third-order valence-electron chi connectivity index (χ3n) is 11.6. The molecule has 0 spiro atoms. The number of benzene rings is 8. The third-order valence-corrected chi connectivity index (χ3v) is 12.8. The zero-order chi connectivity index (χ0) is 35.8. The predicted molar refractivity (Wildman–Crippen MR) is 232 cm³/mol. The highest BCUT2D eigenvalue weighted by Crippen LogP contribution is 2.47. The van der Waals surface area contributed by atoms with E-state index in [1.165, 1.54) is 80.8 Å². The molecule has 5 heterocycles. The Balaban J connectivity index is 1.08. The van der Waals surface area contributed by atoms with E-state index >= 15 is 0 Å². The Morgan fingerprint density at radius 2 is 1.11 bits per heavy atom. The van der Waals surface area contributed by atoms with E-state index in [0.29, 0.717) is 0 Å². The van der Waals surface area contributed by atoms with E-state index in [1.807, 2.05) is 0 Å². The first-order valence-corrected chi connectivity index (χ1v) is 19.5. The lowest BCUT2D eigenvalue weighted by Gasteiger charge is -2.10. The molecule has 13 rings (SSSR count). The Kier molecular flexibility index (Phi) is 5.74. The maximum atomic E-state index is 5.25. The fraction of sp³-hybridized carbons (Fsp3) is 0. The molecular formula is C50H28N4S. The summed E-state index contributed by atoms with van der Waals surface area (Å²) in [7, 11) is 0. The maximum absolute atomic E-state index is 5.25. The normalized spacial score (nSPS) is 12.4. The molecule has 5 aromatic heterocycles. The van der Waals surface area contributed by atoms with Crippen LogP contribution in [0, 0.1) is 0 Å². The van der Waals surface area contributed by atoms with Gasteiger partial charge in [-0.15, -0.1) is 11.3 Å². The zero-order valence-electron chi connectivity index (χ0n) is 29.4. The van der Waals surface area contributed by atoms with Crippen LogP contribution in [0.3, 0.4) is 0 Å². The molecule has 4 nitrogen and oxygen atoms in total. The van der Waals surface area contributed by atoms with E-state index in [0.717, 1.165) is 38.5 Å². The largest absolute Gasteiger partial charge is 0.309 e. The SMILES string of the molecule is c1ccc(-c2nc(-c3ccc(-n4c5ccccc5c5c6c7ccccc7n7c8cc9ccccc9cc8c(cc54)c67)cc3)nc3c2sc2ccccc23)cc1. The van der Waals surface area contributed by atoms with Crippen molar-refractivity contribution in [1.29, 1.82) is 0 Å². The zero-order valence-corrected chi connectivity index (χ0v) is 30.2. The van der Waals surface area contributed by atoms with Crippen molar-refractivity contribution in [2.45, 2.75) is 0 Å². The smallest absolute Gasteiger partial charge is 0.160 e. The molecule has 0 fully saturated rings. The first-order valence-electron chi connectivity index (χ1n) is 18.7. The molecule has 0 radical (unpaired) electrons. The van der Waals surface area contributed by atoms with Crippen molar-refractivity contribution >= 4 is 102 Å². The summed E-state index contributed by atoms with van der Waals surface area (Å²) in [5, 5.41) is 11.4. The first kappa shape index (κ1) is 29.4. The second-order valence-electron chi connectivity index (χ2n) is 14.5. The molecule has 0 atom stereocenters. The average molecular weight is 717 g/mol. The van der Waals surface area contributed by atoms with Gasteiger partial charge in [-0.3, -0.25) is 0 Å². The van der Waals surface area contributed by atoms with Gasteiger partial charge in [0, 0.05) is 59.2 Å². The lowest BCUT2D eigenvalue weighted by Crippen LogP contribution is -1.96. The van der Waals surface area contributed by atoms with Crippen molar-refractivity contribution in [2.24, 2.45) is 0 Å². The number of nitrogens with zero attached hydrogens (tertiary/aromatic N) is 4. The molecule has 55 heavy (non-hydrogen) atoms. The van der Waals surface area contributed by atoms with Gasteiger partial charge in [-0.05, 0) is 71.4 Å². The highest BCUT2D eigenvalue weighted by molar-refractivity contribution is 7.26. The lowest BCUT2D eigenvalue weighted by atomic mass is 10.0. The molecule has 0 amide bonds. The quantitative estimate of drug-likeness (QED) is 0.182. The van der Waals surface area contributed by atoms with E-state index in [1.54, 1.807) is 11.3 Å². The van der Waals surface area contributed by atoms with Crippen molar-refractivity contribution in [3.8, 4) is 28.3 Å². The second kappa shape index (κ2) is 10.8. The van der Waals surface area contributed by atoms with Gasteiger partial charge in [-0.2, -0.15) is 0 Å². The van der Waals surface area contributed by atoms with Crippen molar-refractivity contribution in [3.63, 3.8) is 0 Å². The van der Waals surface area contributed by atoms with Crippen LogP contribution in [0.25, 0.3) is 119 Å².